The molecular formula is C22H32O4. The molecule has 1 N–H and O–H groups in total. The summed E-state index contributed by atoms with van der Waals surface area (Å²) in [5.41, 5.74) is 1.38. The van der Waals surface area contributed by atoms with Crippen LogP contribution in [0.25, 0.3) is 0 Å². The molecule has 3 fully saturated rings. The third-order valence-electron chi connectivity index (χ3n) is 7.87. The van der Waals surface area contributed by atoms with Gasteiger partial charge in [-0.15, -0.1) is 0 Å². The summed E-state index contributed by atoms with van der Waals surface area (Å²) in [7, 11) is 0. The first kappa shape index (κ1) is 18.4. The normalized spacial score (nSPS) is 41.8. The Hall–Kier alpha value is -1.00. The molecule has 0 aromatic heterocycles. The molecule has 0 radical (unpaired) electrons. The lowest BCUT2D eigenvalue weighted by Gasteiger charge is -2.49. The van der Waals surface area contributed by atoms with Crippen LogP contribution in [0, 0.1) is 29.1 Å². The second kappa shape index (κ2) is 7.20. The van der Waals surface area contributed by atoms with E-state index < -0.39 is 0 Å². The number of Topliss-reactive ketones (excluding diaryl/α,β-unsaturated/α-hetero) is 1. The third-order valence-corrected chi connectivity index (χ3v) is 7.87. The largest absolute Gasteiger partial charge is 0.389 e. The summed E-state index contributed by atoms with van der Waals surface area (Å²) in [6.45, 7) is 2.72. The molecule has 144 valence electrons. The molecule has 0 aromatic carbocycles. The highest BCUT2D eigenvalue weighted by atomic mass is 16.5. The van der Waals surface area contributed by atoms with Crippen LogP contribution in [-0.4, -0.2) is 36.0 Å². The van der Waals surface area contributed by atoms with Gasteiger partial charge in [-0.3, -0.25) is 9.59 Å². The Morgan fingerprint density at radius 2 is 2.19 bits per heavy atom. The van der Waals surface area contributed by atoms with Gasteiger partial charge < -0.3 is 9.84 Å². The summed E-state index contributed by atoms with van der Waals surface area (Å²) < 4.78 is 6.23. The average molecular weight is 360 g/mol. The van der Waals surface area contributed by atoms with Gasteiger partial charge in [-0.1, -0.05) is 19.8 Å². The number of unbranched alkanes of at least 4 members (excludes halogenated alkanes) is 1. The van der Waals surface area contributed by atoms with Crippen LogP contribution in [0.2, 0.25) is 0 Å². The fourth-order valence-electron chi connectivity index (χ4n) is 6.57. The molecule has 2 bridgehead atoms. The second-order valence-electron chi connectivity index (χ2n) is 9.06. The van der Waals surface area contributed by atoms with Gasteiger partial charge in [0.25, 0.3) is 0 Å². The summed E-state index contributed by atoms with van der Waals surface area (Å²) in [5, 5.41) is 9.22. The van der Waals surface area contributed by atoms with E-state index in [1.807, 2.05) is 6.08 Å². The van der Waals surface area contributed by atoms with Crippen LogP contribution in [0.15, 0.2) is 11.6 Å². The minimum absolute atomic E-state index is 0.0228. The topological polar surface area (TPSA) is 63.6 Å². The molecule has 1 aliphatic heterocycles. The molecule has 4 nitrogen and oxygen atoms in total. The van der Waals surface area contributed by atoms with Crippen molar-refractivity contribution in [3.63, 3.8) is 0 Å². The molecule has 4 rings (SSSR count). The van der Waals surface area contributed by atoms with E-state index in [0.717, 1.165) is 38.7 Å². The molecule has 6 unspecified atom stereocenters. The summed E-state index contributed by atoms with van der Waals surface area (Å²) in [6, 6.07) is 0. The SMILES string of the molecule is CCCCC1C(C2CCC(C(=O)CO)C2)CC2OCC13CCC(=O)C=C23. The van der Waals surface area contributed by atoms with Crippen molar-refractivity contribution in [1.29, 1.82) is 0 Å². The van der Waals surface area contributed by atoms with E-state index in [9.17, 15) is 14.7 Å². The van der Waals surface area contributed by atoms with Crippen LogP contribution in [0.3, 0.4) is 0 Å². The van der Waals surface area contributed by atoms with Crippen LogP contribution in [0.4, 0.5) is 0 Å². The van der Waals surface area contributed by atoms with Crippen molar-refractivity contribution >= 4 is 11.6 Å². The van der Waals surface area contributed by atoms with Crippen LogP contribution >= 0.6 is 0 Å². The second-order valence-corrected chi connectivity index (χ2v) is 9.06. The molecule has 6 atom stereocenters. The predicted molar refractivity (Wildman–Crippen MR) is 98.5 cm³/mol. The van der Waals surface area contributed by atoms with Crippen LogP contribution in [-0.2, 0) is 14.3 Å². The zero-order chi connectivity index (χ0) is 18.3. The highest BCUT2D eigenvalue weighted by Crippen LogP contribution is 2.62. The molecule has 4 heteroatoms. The Bertz CT molecular complexity index is 609. The first-order valence-electron chi connectivity index (χ1n) is 10.6. The minimum Gasteiger partial charge on any atom is -0.389 e. The smallest absolute Gasteiger partial charge is 0.161 e. The van der Waals surface area contributed by atoms with Crippen LogP contribution in [0.1, 0.15) is 64.7 Å². The summed E-state index contributed by atoms with van der Waals surface area (Å²) in [6.07, 6.45) is 11.3. The fraction of sp³-hybridized carbons (Fsp3) is 0.818. The van der Waals surface area contributed by atoms with Gasteiger partial charge in [0, 0.05) is 17.8 Å². The number of carbonyl (C=O) groups excluding carboxylic acids is 2. The molecule has 0 amide bonds. The average Bonchev–Trinajstić information content (AvgIpc) is 3.23. The lowest BCUT2D eigenvalue weighted by atomic mass is 9.53. The molecule has 1 saturated heterocycles. The lowest BCUT2D eigenvalue weighted by Crippen LogP contribution is -2.46. The summed E-state index contributed by atoms with van der Waals surface area (Å²) >= 11 is 0. The maximum Gasteiger partial charge on any atom is 0.161 e. The standard InChI is InChI=1S/C22H32O4/c1-2-3-4-18-17(14-5-6-15(9-14)20(25)12-23)11-21-19-10-16(24)7-8-22(18,19)13-26-21/h10,14-15,17-18,21,23H,2-9,11-13H2,1H3. The number of aliphatic hydroxyl groups is 1. The van der Waals surface area contributed by atoms with Gasteiger partial charge in [0.15, 0.2) is 11.6 Å². The molecule has 1 heterocycles. The Kier molecular flexibility index (Phi) is 5.08. The third kappa shape index (κ3) is 2.90. The Morgan fingerprint density at radius 1 is 1.35 bits per heavy atom. The number of rotatable bonds is 6. The van der Waals surface area contributed by atoms with E-state index in [1.165, 1.54) is 24.8 Å². The zero-order valence-electron chi connectivity index (χ0n) is 15.9. The number of aliphatic hydroxyl groups excluding tert-OH is 1. The summed E-state index contributed by atoms with van der Waals surface area (Å²) in [4.78, 5) is 24.0. The van der Waals surface area contributed by atoms with E-state index in [-0.39, 0.29) is 35.6 Å². The molecule has 26 heavy (non-hydrogen) atoms. The van der Waals surface area contributed by atoms with Crippen molar-refractivity contribution in [2.45, 2.75) is 70.8 Å². The molecule has 2 saturated carbocycles. The van der Waals surface area contributed by atoms with E-state index in [1.54, 1.807) is 0 Å². The van der Waals surface area contributed by atoms with E-state index in [0.29, 0.717) is 24.2 Å². The quantitative estimate of drug-likeness (QED) is 0.788. The van der Waals surface area contributed by atoms with E-state index in [2.05, 4.69) is 6.92 Å². The van der Waals surface area contributed by atoms with Gasteiger partial charge in [0.05, 0.1) is 12.7 Å². The van der Waals surface area contributed by atoms with Gasteiger partial charge in [0.1, 0.15) is 6.61 Å². The van der Waals surface area contributed by atoms with Crippen molar-refractivity contribution in [2.24, 2.45) is 29.1 Å². The lowest BCUT2D eigenvalue weighted by molar-refractivity contribution is -0.125. The Labute approximate surface area is 156 Å². The first-order chi connectivity index (χ1) is 12.6. The Balaban J connectivity index is 1.61. The molecule has 0 spiro atoms. The first-order valence-corrected chi connectivity index (χ1v) is 10.6. The molecule has 4 aliphatic rings. The van der Waals surface area contributed by atoms with Gasteiger partial charge in [-0.2, -0.15) is 0 Å². The zero-order valence-corrected chi connectivity index (χ0v) is 15.9. The van der Waals surface area contributed by atoms with Gasteiger partial charge in [-0.05, 0) is 67.9 Å². The highest BCUT2D eigenvalue weighted by molar-refractivity contribution is 5.92. The van der Waals surface area contributed by atoms with Crippen molar-refractivity contribution in [3.05, 3.63) is 11.6 Å². The predicted octanol–water partition coefficient (Wildman–Crippen LogP) is 3.46. The molecule has 0 aromatic rings. The van der Waals surface area contributed by atoms with Crippen molar-refractivity contribution in [1.82, 2.24) is 0 Å². The van der Waals surface area contributed by atoms with Gasteiger partial charge in [-0.25, -0.2) is 0 Å². The number of hydrogen-bond donors (Lipinski definition) is 1. The number of allylic oxidation sites excluding steroid dienone is 1. The van der Waals surface area contributed by atoms with Crippen LogP contribution < -0.4 is 0 Å². The van der Waals surface area contributed by atoms with Crippen molar-refractivity contribution < 1.29 is 19.4 Å². The number of ether oxygens (including phenoxy) is 1. The fourth-order valence-corrected chi connectivity index (χ4v) is 6.57. The maximum atomic E-state index is 12.0. The van der Waals surface area contributed by atoms with Gasteiger partial charge >= 0.3 is 0 Å². The molecule has 3 aliphatic carbocycles. The Morgan fingerprint density at radius 3 is 2.96 bits per heavy atom. The maximum absolute atomic E-state index is 12.0. The molecular weight excluding hydrogens is 328 g/mol. The number of ketones is 2. The highest BCUT2D eigenvalue weighted by Gasteiger charge is 2.59. The van der Waals surface area contributed by atoms with Gasteiger partial charge in [0.2, 0.25) is 0 Å². The minimum atomic E-state index is -0.314. The van der Waals surface area contributed by atoms with E-state index >= 15 is 0 Å². The van der Waals surface area contributed by atoms with E-state index in [4.69, 9.17) is 4.74 Å². The van der Waals surface area contributed by atoms with Crippen LogP contribution in [0.5, 0.6) is 0 Å². The van der Waals surface area contributed by atoms with Crippen molar-refractivity contribution in [2.75, 3.05) is 13.2 Å². The van der Waals surface area contributed by atoms with Crippen molar-refractivity contribution in [3.8, 4) is 0 Å². The monoisotopic (exact) mass is 360 g/mol. The summed E-state index contributed by atoms with van der Waals surface area (Å²) in [5.74, 6) is 2.09. The number of hydrogen-bond acceptors (Lipinski definition) is 4. The number of carbonyl (C=O) groups is 2.